The number of hydrogen-bond acceptors (Lipinski definition) is 7. The molecule has 23 heavy (non-hydrogen) atoms. The first kappa shape index (κ1) is 17.0. The van der Waals surface area contributed by atoms with E-state index in [0.29, 0.717) is 0 Å². The number of nitrogens with zero attached hydrogens (tertiary/aromatic N) is 2. The summed E-state index contributed by atoms with van der Waals surface area (Å²) >= 11 is 0. The van der Waals surface area contributed by atoms with E-state index >= 15 is 0 Å². The number of aliphatic hydroxyl groups excluding tert-OH is 2. The Hall–Kier alpha value is -2.41. The van der Waals surface area contributed by atoms with Gasteiger partial charge in [-0.15, -0.1) is 6.42 Å². The Morgan fingerprint density at radius 3 is 2.78 bits per heavy atom. The first-order valence-corrected chi connectivity index (χ1v) is 6.94. The molecule has 4 atom stereocenters. The number of carbonyl (C=O) groups is 1. The molecule has 1 saturated heterocycles. The van der Waals surface area contributed by atoms with Crippen molar-refractivity contribution in [2.75, 3.05) is 11.9 Å². The summed E-state index contributed by atoms with van der Waals surface area (Å²) in [6, 6.07) is 0. The maximum absolute atomic E-state index is 12.1. The standard InChI is InChI=1S/C14H17N3O6/c1-4-8-6-17(12-10(19)9(18)7(3)23-12)13(20)15-11(8)16-14(21)22-5-2/h1,6-7,9-10,12,18-19H,5H2,2-3H3,(H,15,16,20,21)/t7-,9-,10-,12-/m1/s1. The summed E-state index contributed by atoms with van der Waals surface area (Å²) < 4.78 is 11.0. The van der Waals surface area contributed by atoms with Gasteiger partial charge >= 0.3 is 11.8 Å². The van der Waals surface area contributed by atoms with Crippen LogP contribution >= 0.6 is 0 Å². The predicted octanol–water partition coefficient (Wildman–Crippen LogP) is -0.568. The van der Waals surface area contributed by atoms with E-state index < -0.39 is 36.3 Å². The Morgan fingerprint density at radius 2 is 2.26 bits per heavy atom. The number of carbonyl (C=O) groups excluding carboxylic acids is 1. The largest absolute Gasteiger partial charge is 0.450 e. The third-order valence-corrected chi connectivity index (χ3v) is 3.35. The Morgan fingerprint density at radius 1 is 1.57 bits per heavy atom. The number of aliphatic hydroxyl groups is 2. The molecule has 0 unspecified atom stereocenters. The summed E-state index contributed by atoms with van der Waals surface area (Å²) in [5.41, 5.74) is -0.705. The average Bonchev–Trinajstić information content (AvgIpc) is 2.75. The van der Waals surface area contributed by atoms with Crippen molar-refractivity contribution in [1.82, 2.24) is 9.55 Å². The van der Waals surface area contributed by atoms with Gasteiger partial charge in [0.05, 0.1) is 18.3 Å². The van der Waals surface area contributed by atoms with Gasteiger partial charge in [-0.05, 0) is 13.8 Å². The average molecular weight is 323 g/mol. The normalized spacial score (nSPS) is 26.6. The summed E-state index contributed by atoms with van der Waals surface area (Å²) in [5, 5.41) is 21.9. The molecule has 0 saturated carbocycles. The molecule has 2 rings (SSSR count). The van der Waals surface area contributed by atoms with E-state index in [1.165, 1.54) is 6.20 Å². The minimum atomic E-state index is -1.31. The van der Waals surface area contributed by atoms with Crippen LogP contribution in [-0.2, 0) is 9.47 Å². The second-order valence-electron chi connectivity index (χ2n) is 4.90. The molecular formula is C14H17N3O6. The quantitative estimate of drug-likeness (QED) is 0.637. The van der Waals surface area contributed by atoms with Crippen molar-refractivity contribution < 1.29 is 24.5 Å². The fraction of sp³-hybridized carbons (Fsp3) is 0.500. The number of nitrogens with one attached hydrogen (secondary N) is 1. The van der Waals surface area contributed by atoms with E-state index in [9.17, 15) is 19.8 Å². The van der Waals surface area contributed by atoms with Gasteiger partial charge in [0.15, 0.2) is 12.0 Å². The number of anilines is 1. The lowest BCUT2D eigenvalue weighted by atomic mass is 10.1. The SMILES string of the molecule is C#Cc1cn([C@@H]2O[C@H](C)[C@@H](O)[C@H]2O)c(=O)nc1NC(=O)OCC. The number of aromatic nitrogens is 2. The molecule has 1 aliphatic heterocycles. The van der Waals surface area contributed by atoms with Gasteiger partial charge in [-0.1, -0.05) is 5.92 Å². The van der Waals surface area contributed by atoms with E-state index in [1.807, 2.05) is 0 Å². The lowest BCUT2D eigenvalue weighted by Gasteiger charge is -2.18. The molecule has 1 aromatic heterocycles. The number of rotatable bonds is 3. The molecule has 9 heteroatoms. The van der Waals surface area contributed by atoms with Crippen LogP contribution in [0.1, 0.15) is 25.6 Å². The number of amides is 1. The van der Waals surface area contributed by atoms with Crippen LogP contribution < -0.4 is 11.0 Å². The first-order chi connectivity index (χ1) is 10.9. The van der Waals surface area contributed by atoms with Gasteiger partial charge in [0.2, 0.25) is 0 Å². The molecule has 9 nitrogen and oxygen atoms in total. The van der Waals surface area contributed by atoms with Gasteiger partial charge in [0.25, 0.3) is 0 Å². The van der Waals surface area contributed by atoms with Gasteiger partial charge in [-0.25, -0.2) is 9.59 Å². The Balaban J connectivity index is 2.36. The highest BCUT2D eigenvalue weighted by molar-refractivity contribution is 5.84. The molecule has 0 spiro atoms. The molecule has 0 aliphatic carbocycles. The second-order valence-corrected chi connectivity index (χ2v) is 4.90. The van der Waals surface area contributed by atoms with Crippen molar-refractivity contribution in [3.05, 3.63) is 22.2 Å². The van der Waals surface area contributed by atoms with Crippen molar-refractivity contribution in [2.45, 2.75) is 38.4 Å². The molecule has 1 aliphatic rings. The van der Waals surface area contributed by atoms with E-state index in [0.717, 1.165) is 4.57 Å². The number of hydrogen-bond donors (Lipinski definition) is 3. The lowest BCUT2D eigenvalue weighted by molar-refractivity contribution is -0.0350. The van der Waals surface area contributed by atoms with Crippen molar-refractivity contribution in [2.24, 2.45) is 0 Å². The van der Waals surface area contributed by atoms with Gasteiger partial charge in [0, 0.05) is 6.20 Å². The van der Waals surface area contributed by atoms with Gasteiger partial charge in [-0.2, -0.15) is 4.98 Å². The van der Waals surface area contributed by atoms with E-state index in [-0.39, 0.29) is 18.0 Å². The topological polar surface area (TPSA) is 123 Å². The van der Waals surface area contributed by atoms with Crippen LogP contribution in [0.4, 0.5) is 10.6 Å². The van der Waals surface area contributed by atoms with Crippen LogP contribution in [0.3, 0.4) is 0 Å². The van der Waals surface area contributed by atoms with E-state index in [2.05, 4.69) is 16.2 Å². The second kappa shape index (κ2) is 6.78. The summed E-state index contributed by atoms with van der Waals surface area (Å²) in [6.45, 7) is 3.33. The summed E-state index contributed by atoms with van der Waals surface area (Å²) in [6.07, 6.45) is 1.55. The molecule has 1 aromatic rings. The molecular weight excluding hydrogens is 306 g/mol. The van der Waals surface area contributed by atoms with Crippen LogP contribution in [0.25, 0.3) is 0 Å². The lowest BCUT2D eigenvalue weighted by Crippen LogP contribution is -2.36. The zero-order chi connectivity index (χ0) is 17.1. The van der Waals surface area contributed by atoms with Crippen molar-refractivity contribution >= 4 is 11.9 Å². The molecule has 3 N–H and O–H groups in total. The summed E-state index contributed by atoms with van der Waals surface area (Å²) in [5.74, 6) is 2.15. The maximum atomic E-state index is 12.1. The van der Waals surface area contributed by atoms with Crippen LogP contribution in [0.5, 0.6) is 0 Å². The molecule has 0 aromatic carbocycles. The fourth-order valence-corrected chi connectivity index (χ4v) is 2.17. The predicted molar refractivity (Wildman–Crippen MR) is 78.7 cm³/mol. The Kier molecular flexibility index (Phi) is 5.00. The van der Waals surface area contributed by atoms with Gasteiger partial charge in [0.1, 0.15) is 12.2 Å². The van der Waals surface area contributed by atoms with Crippen LogP contribution in [-0.4, -0.2) is 50.8 Å². The van der Waals surface area contributed by atoms with Crippen LogP contribution in [0, 0.1) is 12.3 Å². The molecule has 0 radical (unpaired) electrons. The third-order valence-electron chi connectivity index (χ3n) is 3.35. The minimum Gasteiger partial charge on any atom is -0.450 e. The van der Waals surface area contributed by atoms with Crippen LogP contribution in [0.2, 0.25) is 0 Å². The number of terminal acetylenes is 1. The zero-order valence-corrected chi connectivity index (χ0v) is 12.6. The smallest absolute Gasteiger partial charge is 0.412 e. The summed E-state index contributed by atoms with van der Waals surface area (Å²) in [4.78, 5) is 27.2. The highest BCUT2D eigenvalue weighted by atomic mass is 16.6. The van der Waals surface area contributed by atoms with Gasteiger partial charge in [-0.3, -0.25) is 9.88 Å². The first-order valence-electron chi connectivity index (χ1n) is 6.94. The highest BCUT2D eigenvalue weighted by Gasteiger charge is 2.42. The molecule has 1 amide bonds. The van der Waals surface area contributed by atoms with E-state index in [1.54, 1.807) is 13.8 Å². The monoisotopic (exact) mass is 323 g/mol. The van der Waals surface area contributed by atoms with Crippen LogP contribution in [0.15, 0.2) is 11.0 Å². The Labute approximate surface area is 131 Å². The molecule has 124 valence electrons. The Bertz CT molecular complexity index is 695. The van der Waals surface area contributed by atoms with Crippen molar-refractivity contribution in [3.8, 4) is 12.3 Å². The zero-order valence-electron chi connectivity index (χ0n) is 12.6. The van der Waals surface area contributed by atoms with Crippen molar-refractivity contribution in [3.63, 3.8) is 0 Å². The third kappa shape index (κ3) is 3.34. The summed E-state index contributed by atoms with van der Waals surface area (Å²) in [7, 11) is 0. The minimum absolute atomic E-state index is 0.0995. The van der Waals surface area contributed by atoms with Crippen molar-refractivity contribution in [1.29, 1.82) is 0 Å². The number of ether oxygens (including phenoxy) is 2. The van der Waals surface area contributed by atoms with Gasteiger partial charge < -0.3 is 19.7 Å². The molecule has 0 bridgehead atoms. The van der Waals surface area contributed by atoms with E-state index in [4.69, 9.17) is 15.9 Å². The molecule has 2 heterocycles. The maximum Gasteiger partial charge on any atom is 0.412 e. The highest BCUT2D eigenvalue weighted by Crippen LogP contribution is 2.28. The molecule has 1 fully saturated rings. The fourth-order valence-electron chi connectivity index (χ4n) is 2.17.